The Bertz CT molecular complexity index is 1260. The fraction of sp³-hybridized carbons (Fsp3) is 0.536. The molecule has 4 unspecified atom stereocenters. The van der Waals surface area contributed by atoms with Crippen LogP contribution in [-0.4, -0.2) is 81.9 Å². The highest BCUT2D eigenvalue weighted by Crippen LogP contribution is 2.21. The van der Waals surface area contributed by atoms with E-state index in [2.05, 4.69) is 20.6 Å². The van der Waals surface area contributed by atoms with Gasteiger partial charge in [-0.25, -0.2) is 4.79 Å². The van der Waals surface area contributed by atoms with E-state index in [1.54, 1.807) is 0 Å². The number of benzene rings is 1. The van der Waals surface area contributed by atoms with Crippen molar-refractivity contribution in [1.82, 2.24) is 20.5 Å². The zero-order valence-corrected chi connectivity index (χ0v) is 23.6. The van der Waals surface area contributed by atoms with E-state index in [1.165, 1.54) is 4.90 Å². The number of carbonyl (C=O) groups is 4. The van der Waals surface area contributed by atoms with Gasteiger partial charge in [0.05, 0.1) is 6.04 Å². The second-order valence-corrected chi connectivity index (χ2v) is 10.9. The molecular formula is C28H42N8O5. The first-order chi connectivity index (χ1) is 19.5. The van der Waals surface area contributed by atoms with E-state index in [4.69, 9.17) is 17.2 Å². The number of nitrogens with zero attached hydrogens (tertiary/aromatic N) is 2. The lowest BCUT2D eigenvalue weighted by Gasteiger charge is -2.29. The number of fused-ring (bicyclic) bond motifs is 1. The zero-order chi connectivity index (χ0) is 30.1. The first-order valence-electron chi connectivity index (χ1n) is 14.0. The van der Waals surface area contributed by atoms with Crippen LogP contribution in [-0.2, 0) is 25.6 Å². The van der Waals surface area contributed by atoms with Gasteiger partial charge in [0, 0.05) is 30.2 Å². The Morgan fingerprint density at radius 2 is 1.83 bits per heavy atom. The van der Waals surface area contributed by atoms with Crippen LogP contribution in [0, 0.1) is 5.92 Å². The monoisotopic (exact) mass is 570 g/mol. The van der Waals surface area contributed by atoms with Crippen molar-refractivity contribution in [2.24, 2.45) is 28.1 Å². The first-order valence-corrected chi connectivity index (χ1v) is 14.0. The van der Waals surface area contributed by atoms with Crippen molar-refractivity contribution in [2.45, 2.75) is 76.5 Å². The number of aliphatic imine (C=N–C) groups is 1. The molecule has 13 heteroatoms. The number of aliphatic carboxylic acids is 1. The van der Waals surface area contributed by atoms with Crippen LogP contribution in [0.5, 0.6) is 0 Å². The van der Waals surface area contributed by atoms with Crippen LogP contribution in [0.4, 0.5) is 0 Å². The van der Waals surface area contributed by atoms with Crippen molar-refractivity contribution in [1.29, 1.82) is 0 Å². The standard InChI is InChI=1S/C28H42N8O5/c1-16(2)13-22(26(39)36-12-6-10-23(36)27(40)41)35-25(38)21(9-5-11-32-28(30)31)34-24(37)19(29)14-17-15-33-20-8-4-3-7-18(17)20/h3-4,7-8,15-16,19,21-23,33H,5-6,9-14,29H2,1-2H3,(H,34,37)(H,35,38)(H,40,41)(H4,30,31,32). The van der Waals surface area contributed by atoms with Crippen LogP contribution >= 0.6 is 0 Å². The fourth-order valence-corrected chi connectivity index (χ4v) is 5.13. The number of aromatic amines is 1. The van der Waals surface area contributed by atoms with Crippen molar-refractivity contribution >= 4 is 40.6 Å². The summed E-state index contributed by atoms with van der Waals surface area (Å²) in [5.74, 6) is -2.65. The summed E-state index contributed by atoms with van der Waals surface area (Å²) in [6.45, 7) is 4.36. The van der Waals surface area contributed by atoms with Crippen LogP contribution in [0.25, 0.3) is 10.9 Å². The molecule has 41 heavy (non-hydrogen) atoms. The molecule has 2 heterocycles. The minimum absolute atomic E-state index is 0.0367. The number of hydrogen-bond donors (Lipinski definition) is 7. The van der Waals surface area contributed by atoms with Crippen molar-refractivity contribution in [2.75, 3.05) is 13.1 Å². The van der Waals surface area contributed by atoms with Crippen molar-refractivity contribution in [3.63, 3.8) is 0 Å². The Kier molecular flexibility index (Phi) is 11.1. The highest BCUT2D eigenvalue weighted by atomic mass is 16.4. The average molecular weight is 571 g/mol. The normalized spacial score (nSPS) is 17.2. The van der Waals surface area contributed by atoms with E-state index < -0.39 is 47.9 Å². The van der Waals surface area contributed by atoms with Gasteiger partial charge in [0.2, 0.25) is 17.7 Å². The van der Waals surface area contributed by atoms with Crippen molar-refractivity contribution in [3.05, 3.63) is 36.0 Å². The van der Waals surface area contributed by atoms with E-state index in [0.29, 0.717) is 32.2 Å². The number of guanidine groups is 1. The van der Waals surface area contributed by atoms with E-state index in [1.807, 2.05) is 44.3 Å². The number of para-hydroxylation sites is 1. The summed E-state index contributed by atoms with van der Waals surface area (Å²) in [5.41, 5.74) is 18.9. The highest BCUT2D eigenvalue weighted by molar-refractivity contribution is 5.94. The maximum absolute atomic E-state index is 13.5. The number of carboxylic acids is 1. The molecule has 3 rings (SSSR count). The summed E-state index contributed by atoms with van der Waals surface area (Å²) in [5, 5.41) is 16.0. The van der Waals surface area contributed by atoms with Gasteiger partial charge in [-0.15, -0.1) is 0 Å². The Balaban J connectivity index is 1.73. The second kappa shape index (κ2) is 14.5. The van der Waals surface area contributed by atoms with E-state index in [-0.39, 0.29) is 31.3 Å². The molecule has 4 atom stereocenters. The molecule has 0 aliphatic carbocycles. The van der Waals surface area contributed by atoms with E-state index in [9.17, 15) is 24.3 Å². The number of rotatable bonds is 14. The smallest absolute Gasteiger partial charge is 0.326 e. The Hall–Kier alpha value is -4.13. The van der Waals surface area contributed by atoms with Gasteiger partial charge in [0.1, 0.15) is 18.1 Å². The molecule has 224 valence electrons. The summed E-state index contributed by atoms with van der Waals surface area (Å²) in [4.78, 5) is 60.2. The number of hydrogen-bond acceptors (Lipinski definition) is 6. The van der Waals surface area contributed by atoms with Crippen molar-refractivity contribution < 1.29 is 24.3 Å². The Morgan fingerprint density at radius 3 is 2.51 bits per heavy atom. The number of aromatic nitrogens is 1. The zero-order valence-electron chi connectivity index (χ0n) is 23.6. The molecule has 3 amide bonds. The van der Waals surface area contributed by atoms with Gasteiger partial charge in [-0.3, -0.25) is 19.4 Å². The third kappa shape index (κ3) is 8.68. The largest absolute Gasteiger partial charge is 0.480 e. The Labute approximate surface area is 239 Å². The molecule has 1 aliphatic rings. The van der Waals surface area contributed by atoms with Gasteiger partial charge in [0.25, 0.3) is 0 Å². The molecule has 13 nitrogen and oxygen atoms in total. The summed E-state index contributed by atoms with van der Waals surface area (Å²) in [6, 6.07) is 3.86. The minimum atomic E-state index is -1.07. The molecule has 1 fully saturated rings. The fourth-order valence-electron chi connectivity index (χ4n) is 5.13. The summed E-state index contributed by atoms with van der Waals surface area (Å²) < 4.78 is 0. The molecule has 1 aromatic carbocycles. The maximum atomic E-state index is 13.5. The molecule has 1 saturated heterocycles. The predicted molar refractivity (Wildman–Crippen MR) is 156 cm³/mol. The molecule has 0 radical (unpaired) electrons. The quantitative estimate of drug-likeness (QED) is 0.0940. The molecule has 0 bridgehead atoms. The lowest BCUT2D eigenvalue weighted by Crippen LogP contribution is -2.57. The molecule has 2 aromatic rings. The van der Waals surface area contributed by atoms with Crippen LogP contribution in [0.1, 0.15) is 51.5 Å². The number of carbonyl (C=O) groups excluding carboxylic acids is 3. The van der Waals surface area contributed by atoms with Gasteiger partial charge in [0.15, 0.2) is 5.96 Å². The lowest BCUT2D eigenvalue weighted by molar-refractivity contribution is -0.149. The third-order valence-corrected chi connectivity index (χ3v) is 7.17. The average Bonchev–Trinajstić information content (AvgIpc) is 3.57. The van der Waals surface area contributed by atoms with Gasteiger partial charge in [-0.2, -0.15) is 0 Å². The van der Waals surface area contributed by atoms with E-state index >= 15 is 0 Å². The second-order valence-electron chi connectivity index (χ2n) is 10.9. The van der Waals surface area contributed by atoms with Crippen molar-refractivity contribution in [3.8, 4) is 0 Å². The molecule has 1 aliphatic heterocycles. The molecule has 1 aromatic heterocycles. The van der Waals surface area contributed by atoms with Crippen LogP contribution in [0.15, 0.2) is 35.5 Å². The SMILES string of the molecule is CC(C)CC(NC(=O)C(CCCN=C(N)N)NC(=O)C(N)Cc1c[nH]c2ccccc12)C(=O)N1CCCC1C(=O)O. The highest BCUT2D eigenvalue weighted by Gasteiger charge is 2.38. The minimum Gasteiger partial charge on any atom is -0.480 e. The molecule has 0 spiro atoms. The molecule has 0 saturated carbocycles. The van der Waals surface area contributed by atoms with Crippen LogP contribution in [0.2, 0.25) is 0 Å². The van der Waals surface area contributed by atoms with Gasteiger partial charge >= 0.3 is 5.97 Å². The first kappa shape index (κ1) is 31.4. The topological polar surface area (TPSA) is 222 Å². The Morgan fingerprint density at radius 1 is 1.12 bits per heavy atom. The number of carboxylic acid groups (broad SMARTS) is 1. The number of nitrogens with one attached hydrogen (secondary N) is 3. The summed E-state index contributed by atoms with van der Waals surface area (Å²) in [7, 11) is 0. The van der Waals surface area contributed by atoms with E-state index in [0.717, 1.165) is 16.5 Å². The number of nitrogens with two attached hydrogens (primary N) is 3. The van der Waals surface area contributed by atoms with Gasteiger partial charge in [-0.05, 0) is 56.1 Å². The van der Waals surface area contributed by atoms with Gasteiger partial charge < -0.3 is 42.8 Å². The van der Waals surface area contributed by atoms with Crippen LogP contribution < -0.4 is 27.8 Å². The lowest BCUT2D eigenvalue weighted by atomic mass is 10.0. The number of H-pyrrole nitrogens is 1. The van der Waals surface area contributed by atoms with Gasteiger partial charge in [-0.1, -0.05) is 32.0 Å². The molecular weight excluding hydrogens is 528 g/mol. The third-order valence-electron chi connectivity index (χ3n) is 7.17. The summed E-state index contributed by atoms with van der Waals surface area (Å²) >= 11 is 0. The predicted octanol–water partition coefficient (Wildman–Crippen LogP) is 0.183. The summed E-state index contributed by atoms with van der Waals surface area (Å²) in [6.07, 6.45) is 3.87. The maximum Gasteiger partial charge on any atom is 0.326 e. The molecule has 10 N–H and O–H groups in total. The number of likely N-dealkylation sites (tertiary alicyclic amines) is 1. The number of amides is 3. The van der Waals surface area contributed by atoms with Crippen LogP contribution in [0.3, 0.4) is 0 Å².